The number of hydrogen-bond acceptors (Lipinski definition) is 6. The molecule has 2 aromatic rings. The number of ether oxygens (including phenoxy) is 2. The summed E-state index contributed by atoms with van der Waals surface area (Å²) in [4.78, 5) is 39.8. The lowest BCUT2D eigenvalue weighted by Crippen LogP contribution is -2.43. The Balaban J connectivity index is 1.83. The van der Waals surface area contributed by atoms with Crippen LogP contribution in [0.1, 0.15) is 52.0 Å². The molecule has 1 aliphatic carbocycles. The van der Waals surface area contributed by atoms with Gasteiger partial charge in [-0.25, -0.2) is 4.79 Å². The zero-order valence-corrected chi connectivity index (χ0v) is 21.5. The molecule has 2 aromatic carbocycles. The van der Waals surface area contributed by atoms with Gasteiger partial charge in [-0.05, 0) is 49.3 Å². The Bertz CT molecular complexity index is 1230. The van der Waals surface area contributed by atoms with Crippen molar-refractivity contribution >= 4 is 17.7 Å². The number of hydrogen-bond donors (Lipinski definition) is 1. The van der Waals surface area contributed by atoms with Crippen molar-refractivity contribution in [2.45, 2.75) is 52.6 Å². The summed E-state index contributed by atoms with van der Waals surface area (Å²) in [5, 5.41) is 3.30. The van der Waals surface area contributed by atoms with Crippen molar-refractivity contribution in [3.63, 3.8) is 0 Å². The zero-order chi connectivity index (χ0) is 26.0. The number of rotatable bonds is 6. The molecule has 0 bridgehead atoms. The zero-order valence-electron chi connectivity index (χ0n) is 21.5. The fourth-order valence-electron chi connectivity index (χ4n) is 5.11. The number of allylic oxidation sites excluding steroid dienone is 3. The molecule has 4 rings (SSSR count). The summed E-state index contributed by atoms with van der Waals surface area (Å²) in [5.74, 6) is -3.09. The molecule has 4 atom stereocenters. The second kappa shape index (κ2) is 10.5. The molecule has 0 saturated carbocycles. The Kier molecular flexibility index (Phi) is 7.43. The maximum Gasteiger partial charge on any atom is 0.337 e. The van der Waals surface area contributed by atoms with Crippen molar-refractivity contribution in [3.05, 3.63) is 82.7 Å². The van der Waals surface area contributed by atoms with Gasteiger partial charge in [0.05, 0.1) is 18.8 Å². The molecule has 1 N–H and O–H groups in total. The lowest BCUT2D eigenvalue weighted by molar-refractivity contribution is -0.151. The van der Waals surface area contributed by atoms with Crippen molar-refractivity contribution in [1.29, 1.82) is 0 Å². The van der Waals surface area contributed by atoms with Crippen LogP contribution in [0.5, 0.6) is 0 Å². The van der Waals surface area contributed by atoms with Gasteiger partial charge >= 0.3 is 11.9 Å². The molecular weight excluding hydrogens is 454 g/mol. The third-order valence-corrected chi connectivity index (χ3v) is 7.20. The average Bonchev–Trinajstić information content (AvgIpc) is 2.88. The summed E-state index contributed by atoms with van der Waals surface area (Å²) in [7, 11) is 1.30. The van der Waals surface area contributed by atoms with Crippen molar-refractivity contribution in [1.82, 2.24) is 5.32 Å². The molecule has 0 radical (unpaired) electrons. The number of nitrogens with one attached hydrogen (secondary N) is 1. The predicted molar refractivity (Wildman–Crippen MR) is 138 cm³/mol. The summed E-state index contributed by atoms with van der Waals surface area (Å²) < 4.78 is 10.7. The van der Waals surface area contributed by atoms with Crippen molar-refractivity contribution in [3.8, 4) is 11.1 Å². The van der Waals surface area contributed by atoms with E-state index in [0.717, 1.165) is 22.4 Å². The van der Waals surface area contributed by atoms with Crippen molar-refractivity contribution in [2.24, 2.45) is 11.8 Å². The summed E-state index contributed by atoms with van der Waals surface area (Å²) in [5.41, 5.74) is 5.16. The molecule has 0 fully saturated rings. The Morgan fingerprint density at radius 3 is 2.31 bits per heavy atom. The maximum atomic E-state index is 13.8. The van der Waals surface area contributed by atoms with Gasteiger partial charge in [0.1, 0.15) is 5.92 Å². The summed E-state index contributed by atoms with van der Waals surface area (Å²) in [6, 6.07) is 17.9. The monoisotopic (exact) mass is 487 g/mol. The summed E-state index contributed by atoms with van der Waals surface area (Å²) in [6.45, 7) is 7.51. The minimum absolute atomic E-state index is 0.223. The highest BCUT2D eigenvalue weighted by atomic mass is 16.5. The Hall–Kier alpha value is -3.67. The second-order valence-corrected chi connectivity index (χ2v) is 9.65. The number of Topliss-reactive ketones (excluding diaryl/α,β-unsaturated/α-hetero) is 1. The van der Waals surface area contributed by atoms with Crippen molar-refractivity contribution < 1.29 is 23.9 Å². The summed E-state index contributed by atoms with van der Waals surface area (Å²) in [6.07, 6.45) is 0.917. The molecule has 0 saturated heterocycles. The van der Waals surface area contributed by atoms with E-state index in [2.05, 4.69) is 5.32 Å². The third-order valence-electron chi connectivity index (χ3n) is 7.20. The fourth-order valence-corrected chi connectivity index (χ4v) is 5.11. The van der Waals surface area contributed by atoms with Gasteiger partial charge in [0.25, 0.3) is 0 Å². The van der Waals surface area contributed by atoms with Crippen LogP contribution >= 0.6 is 0 Å². The number of esters is 2. The molecule has 188 valence electrons. The van der Waals surface area contributed by atoms with Crippen molar-refractivity contribution in [2.75, 3.05) is 7.11 Å². The fraction of sp³-hybridized carbons (Fsp3) is 0.367. The highest BCUT2D eigenvalue weighted by Gasteiger charge is 2.47. The third kappa shape index (κ3) is 4.72. The van der Waals surface area contributed by atoms with Gasteiger partial charge in [-0.1, -0.05) is 68.4 Å². The van der Waals surface area contributed by atoms with Crippen LogP contribution in [0.3, 0.4) is 0 Å². The molecule has 6 heteroatoms. The van der Waals surface area contributed by atoms with Gasteiger partial charge in [0.15, 0.2) is 5.78 Å². The largest absolute Gasteiger partial charge is 0.468 e. The standard InChI is InChI=1S/C30H33NO5/c1-6-18(3)36-30(34)25-19(4)31-23-16-17(2)24(29(33)35-5)28(32)27(23)26(25)22-14-12-21(13-15-22)20-10-8-7-9-11-20/h7-15,17-18,24,26,31H,6,16H2,1-5H3/t17-,18+,24-,26+/m1/s1. The Morgan fingerprint density at radius 2 is 1.69 bits per heavy atom. The molecular formula is C30H33NO5. The molecule has 0 spiro atoms. The quantitative estimate of drug-likeness (QED) is 0.439. The topological polar surface area (TPSA) is 81.7 Å². The van der Waals surface area contributed by atoms with E-state index in [1.807, 2.05) is 82.3 Å². The van der Waals surface area contributed by atoms with Gasteiger partial charge in [0.2, 0.25) is 0 Å². The molecule has 6 nitrogen and oxygen atoms in total. The van der Waals surface area contributed by atoms with Crippen LogP contribution in [0.4, 0.5) is 0 Å². The van der Waals surface area contributed by atoms with E-state index < -0.39 is 23.8 Å². The minimum atomic E-state index is -0.910. The van der Waals surface area contributed by atoms with E-state index in [1.165, 1.54) is 7.11 Å². The van der Waals surface area contributed by atoms with E-state index >= 15 is 0 Å². The second-order valence-electron chi connectivity index (χ2n) is 9.65. The van der Waals surface area contributed by atoms with Gasteiger partial charge < -0.3 is 14.8 Å². The van der Waals surface area contributed by atoms with Crippen LogP contribution in [0.2, 0.25) is 0 Å². The van der Waals surface area contributed by atoms with E-state index in [0.29, 0.717) is 29.7 Å². The van der Waals surface area contributed by atoms with Crippen LogP contribution in [-0.2, 0) is 23.9 Å². The smallest absolute Gasteiger partial charge is 0.337 e. The van der Waals surface area contributed by atoms with Gasteiger partial charge in [-0.3, -0.25) is 9.59 Å². The van der Waals surface area contributed by atoms with Gasteiger partial charge in [0, 0.05) is 22.9 Å². The molecule has 0 unspecified atom stereocenters. The van der Waals surface area contributed by atoms with Crippen LogP contribution < -0.4 is 5.32 Å². The van der Waals surface area contributed by atoms with Gasteiger partial charge in [-0.15, -0.1) is 0 Å². The highest BCUT2D eigenvalue weighted by Crippen LogP contribution is 2.45. The molecule has 0 aromatic heterocycles. The van der Waals surface area contributed by atoms with Gasteiger partial charge in [-0.2, -0.15) is 0 Å². The first-order valence-electron chi connectivity index (χ1n) is 12.5. The van der Waals surface area contributed by atoms with E-state index in [-0.39, 0.29) is 17.8 Å². The SMILES string of the molecule is CC[C@H](C)OC(=O)C1=C(C)NC2=C(C(=O)[C@H](C(=O)OC)[C@H](C)C2)[C@H]1c1ccc(-c2ccccc2)cc1. The first-order valence-corrected chi connectivity index (χ1v) is 12.5. The molecule has 36 heavy (non-hydrogen) atoms. The van der Waals surface area contributed by atoms with Crippen LogP contribution in [0.25, 0.3) is 11.1 Å². The number of carbonyl (C=O) groups excluding carboxylic acids is 3. The maximum absolute atomic E-state index is 13.8. The molecule has 1 aliphatic heterocycles. The minimum Gasteiger partial charge on any atom is -0.468 e. The van der Waals surface area contributed by atoms with E-state index in [4.69, 9.17) is 9.47 Å². The Morgan fingerprint density at radius 1 is 1.06 bits per heavy atom. The average molecular weight is 488 g/mol. The number of ketones is 1. The van der Waals surface area contributed by atoms with Crippen LogP contribution in [0, 0.1) is 11.8 Å². The number of dihydropyridines is 1. The lowest BCUT2D eigenvalue weighted by atomic mass is 9.69. The normalized spacial score (nSPS) is 22.5. The predicted octanol–water partition coefficient (Wildman–Crippen LogP) is 5.31. The van der Waals surface area contributed by atoms with Crippen LogP contribution in [0.15, 0.2) is 77.1 Å². The van der Waals surface area contributed by atoms with E-state index in [9.17, 15) is 14.4 Å². The Labute approximate surface area is 212 Å². The first kappa shape index (κ1) is 25.4. The molecule has 2 aliphatic rings. The van der Waals surface area contributed by atoms with Crippen LogP contribution in [-0.4, -0.2) is 30.9 Å². The first-order chi connectivity index (χ1) is 17.3. The molecule has 1 heterocycles. The summed E-state index contributed by atoms with van der Waals surface area (Å²) >= 11 is 0. The number of methoxy groups -OCH3 is 1. The highest BCUT2D eigenvalue weighted by molar-refractivity contribution is 6.12. The van der Waals surface area contributed by atoms with E-state index in [1.54, 1.807) is 0 Å². The lowest BCUT2D eigenvalue weighted by Gasteiger charge is -2.38. The number of benzene rings is 2. The number of carbonyl (C=O) groups is 3. The molecule has 0 amide bonds.